The van der Waals surface area contributed by atoms with Gasteiger partial charge in [-0.1, -0.05) is 6.92 Å². The average molecular weight is 207 g/mol. The monoisotopic (exact) mass is 207 g/mol. The van der Waals surface area contributed by atoms with E-state index in [4.69, 9.17) is 4.74 Å². The van der Waals surface area contributed by atoms with Gasteiger partial charge in [-0.3, -0.25) is 0 Å². The quantitative estimate of drug-likeness (QED) is 0.696. The van der Waals surface area contributed by atoms with Crippen LogP contribution in [0.25, 0.3) is 0 Å². The Bertz CT molecular complexity index is 250. The number of rotatable bonds is 3. The summed E-state index contributed by atoms with van der Waals surface area (Å²) in [5.41, 5.74) is 0. The average Bonchev–Trinajstić information content (AvgIpc) is 2.02. The third-order valence-corrected chi connectivity index (χ3v) is 4.06. The molecule has 1 aliphatic rings. The zero-order valence-corrected chi connectivity index (χ0v) is 8.93. The molecule has 2 atom stereocenters. The number of ether oxygens (including phenoxy) is 1. The van der Waals surface area contributed by atoms with Crippen LogP contribution in [0.2, 0.25) is 0 Å². The molecule has 0 aromatic carbocycles. The Labute approximate surface area is 79.6 Å². The van der Waals surface area contributed by atoms with Crippen molar-refractivity contribution in [2.75, 3.05) is 25.2 Å². The van der Waals surface area contributed by atoms with Crippen molar-refractivity contribution < 1.29 is 13.2 Å². The molecular formula is C8H17NO3S. The summed E-state index contributed by atoms with van der Waals surface area (Å²) in [6, 6.07) is 0.0626. The number of hydrogen-bond acceptors (Lipinski definition) is 4. The molecule has 0 aliphatic carbocycles. The molecule has 5 heteroatoms. The third kappa shape index (κ3) is 3.25. The minimum absolute atomic E-state index is 0.0336. The molecule has 0 aromatic heterocycles. The number of nitrogens with one attached hydrogen (secondary N) is 1. The Balaban J connectivity index is 2.60. The molecule has 1 heterocycles. The smallest absolute Gasteiger partial charge is 0.153 e. The predicted molar refractivity (Wildman–Crippen MR) is 51.5 cm³/mol. The van der Waals surface area contributed by atoms with E-state index in [2.05, 4.69) is 5.32 Å². The second-order valence-electron chi connectivity index (χ2n) is 3.50. The highest BCUT2D eigenvalue weighted by atomic mass is 32.2. The van der Waals surface area contributed by atoms with E-state index in [1.54, 1.807) is 7.11 Å². The van der Waals surface area contributed by atoms with Crippen LogP contribution in [0.4, 0.5) is 0 Å². The first-order valence-corrected chi connectivity index (χ1v) is 6.35. The van der Waals surface area contributed by atoms with Crippen LogP contribution >= 0.6 is 0 Å². The molecule has 4 nitrogen and oxygen atoms in total. The van der Waals surface area contributed by atoms with Crippen LogP contribution < -0.4 is 5.32 Å². The second-order valence-corrected chi connectivity index (χ2v) is 5.65. The molecule has 1 aliphatic heterocycles. The van der Waals surface area contributed by atoms with E-state index in [0.29, 0.717) is 6.61 Å². The topological polar surface area (TPSA) is 55.4 Å². The van der Waals surface area contributed by atoms with Crippen LogP contribution in [0.15, 0.2) is 0 Å². The van der Waals surface area contributed by atoms with Crippen molar-refractivity contribution in [1.29, 1.82) is 0 Å². The van der Waals surface area contributed by atoms with Gasteiger partial charge in [-0.05, 0) is 6.42 Å². The number of methoxy groups -OCH3 is 1. The number of sulfone groups is 1. The molecule has 13 heavy (non-hydrogen) atoms. The largest absolute Gasteiger partial charge is 0.383 e. The molecule has 1 fully saturated rings. The van der Waals surface area contributed by atoms with Crippen molar-refractivity contribution in [1.82, 2.24) is 5.32 Å². The summed E-state index contributed by atoms with van der Waals surface area (Å²) in [7, 11) is -1.27. The standard InChI is InChI=1S/C8H17NO3S/c1-3-7-5-13(10,11)6-8(9-7)4-12-2/h7-9H,3-6H2,1-2H3. The third-order valence-electron chi connectivity index (χ3n) is 2.24. The van der Waals surface area contributed by atoms with E-state index < -0.39 is 9.84 Å². The Morgan fingerprint density at radius 1 is 1.38 bits per heavy atom. The molecule has 78 valence electrons. The van der Waals surface area contributed by atoms with Gasteiger partial charge in [0.1, 0.15) is 0 Å². The molecular weight excluding hydrogens is 190 g/mol. The molecule has 1 N–H and O–H groups in total. The summed E-state index contributed by atoms with van der Waals surface area (Å²) in [6.45, 7) is 2.46. The lowest BCUT2D eigenvalue weighted by Crippen LogP contribution is -2.53. The van der Waals surface area contributed by atoms with Crippen LogP contribution in [-0.2, 0) is 14.6 Å². The molecule has 0 radical (unpaired) electrons. The SMILES string of the molecule is CCC1CS(=O)(=O)CC(COC)N1. The van der Waals surface area contributed by atoms with Gasteiger partial charge >= 0.3 is 0 Å². The summed E-state index contributed by atoms with van der Waals surface area (Å²) in [5, 5.41) is 3.26. The molecule has 1 rings (SSSR count). The fourth-order valence-corrected chi connectivity index (χ4v) is 3.53. The van der Waals surface area contributed by atoms with Crippen molar-refractivity contribution in [3.8, 4) is 0 Å². The fraction of sp³-hybridized carbons (Fsp3) is 1.00. The lowest BCUT2D eigenvalue weighted by atomic mass is 10.2. The Morgan fingerprint density at radius 3 is 2.54 bits per heavy atom. The molecule has 0 spiro atoms. The Kier molecular flexibility index (Phi) is 3.70. The van der Waals surface area contributed by atoms with Gasteiger partial charge in [0.05, 0.1) is 18.1 Å². The molecule has 0 amide bonds. The molecule has 0 saturated carbocycles. The van der Waals surface area contributed by atoms with Gasteiger partial charge in [-0.25, -0.2) is 8.42 Å². The van der Waals surface area contributed by atoms with Crippen LogP contribution in [0, 0.1) is 0 Å². The van der Waals surface area contributed by atoms with Crippen molar-refractivity contribution in [3.05, 3.63) is 0 Å². The van der Waals surface area contributed by atoms with Crippen molar-refractivity contribution in [3.63, 3.8) is 0 Å². The maximum absolute atomic E-state index is 11.4. The van der Waals surface area contributed by atoms with E-state index in [-0.39, 0.29) is 23.6 Å². The summed E-state index contributed by atoms with van der Waals surface area (Å²) in [5.74, 6) is 0.473. The summed E-state index contributed by atoms with van der Waals surface area (Å²) in [6.07, 6.45) is 0.847. The zero-order valence-electron chi connectivity index (χ0n) is 8.12. The van der Waals surface area contributed by atoms with Crippen LogP contribution in [0.1, 0.15) is 13.3 Å². The van der Waals surface area contributed by atoms with Crippen LogP contribution in [0.3, 0.4) is 0 Å². The Morgan fingerprint density at radius 2 is 2.00 bits per heavy atom. The maximum atomic E-state index is 11.4. The first-order valence-electron chi connectivity index (χ1n) is 4.53. The number of hydrogen-bond donors (Lipinski definition) is 1. The van der Waals surface area contributed by atoms with Crippen molar-refractivity contribution in [2.45, 2.75) is 25.4 Å². The van der Waals surface area contributed by atoms with Gasteiger partial charge in [-0.15, -0.1) is 0 Å². The van der Waals surface area contributed by atoms with E-state index in [1.165, 1.54) is 0 Å². The minimum atomic E-state index is -2.86. The van der Waals surface area contributed by atoms with Gasteiger partial charge in [-0.2, -0.15) is 0 Å². The van der Waals surface area contributed by atoms with Gasteiger partial charge in [0, 0.05) is 19.2 Å². The normalized spacial score (nSPS) is 33.1. The van der Waals surface area contributed by atoms with E-state index >= 15 is 0 Å². The molecule has 0 bridgehead atoms. The molecule has 2 unspecified atom stereocenters. The lowest BCUT2D eigenvalue weighted by Gasteiger charge is -2.29. The highest BCUT2D eigenvalue weighted by Gasteiger charge is 2.29. The van der Waals surface area contributed by atoms with Crippen LogP contribution in [0.5, 0.6) is 0 Å². The highest BCUT2D eigenvalue weighted by Crippen LogP contribution is 2.09. The Hall–Kier alpha value is -0.130. The van der Waals surface area contributed by atoms with Gasteiger partial charge in [0.25, 0.3) is 0 Å². The van der Waals surface area contributed by atoms with Crippen molar-refractivity contribution >= 4 is 9.84 Å². The summed E-state index contributed by atoms with van der Waals surface area (Å²) in [4.78, 5) is 0. The second kappa shape index (κ2) is 4.39. The summed E-state index contributed by atoms with van der Waals surface area (Å²) < 4.78 is 27.8. The van der Waals surface area contributed by atoms with E-state index in [1.807, 2.05) is 6.92 Å². The first kappa shape index (κ1) is 10.9. The van der Waals surface area contributed by atoms with Gasteiger partial charge in [0.2, 0.25) is 0 Å². The van der Waals surface area contributed by atoms with Gasteiger partial charge in [0.15, 0.2) is 9.84 Å². The maximum Gasteiger partial charge on any atom is 0.153 e. The highest BCUT2D eigenvalue weighted by molar-refractivity contribution is 7.91. The van der Waals surface area contributed by atoms with Crippen LogP contribution in [-0.4, -0.2) is 45.7 Å². The van der Waals surface area contributed by atoms with E-state index in [0.717, 1.165) is 6.42 Å². The molecule has 1 saturated heterocycles. The fourth-order valence-electron chi connectivity index (χ4n) is 1.64. The van der Waals surface area contributed by atoms with Crippen molar-refractivity contribution in [2.24, 2.45) is 0 Å². The predicted octanol–water partition coefficient (Wildman–Crippen LogP) is -0.202. The minimum Gasteiger partial charge on any atom is -0.383 e. The molecule has 0 aromatic rings. The van der Waals surface area contributed by atoms with E-state index in [9.17, 15) is 8.42 Å². The summed E-state index contributed by atoms with van der Waals surface area (Å²) >= 11 is 0. The first-order chi connectivity index (χ1) is 6.07. The lowest BCUT2D eigenvalue weighted by molar-refractivity contribution is 0.166. The van der Waals surface area contributed by atoms with Gasteiger partial charge < -0.3 is 10.1 Å². The zero-order chi connectivity index (χ0) is 9.90.